The molecule has 0 radical (unpaired) electrons. The Bertz CT molecular complexity index is 743. The molecule has 1 saturated heterocycles. The van der Waals surface area contributed by atoms with Crippen molar-refractivity contribution in [2.24, 2.45) is 0 Å². The summed E-state index contributed by atoms with van der Waals surface area (Å²) in [6.07, 6.45) is 2.92. The number of halogens is 1. The molecule has 2 aromatic rings. The van der Waals surface area contributed by atoms with Crippen molar-refractivity contribution < 1.29 is 9.53 Å². The number of carbonyl (C=O) groups excluding carboxylic acids is 1. The van der Waals surface area contributed by atoms with Gasteiger partial charge in [-0.3, -0.25) is 4.79 Å². The number of amides is 1. The normalized spacial score (nSPS) is 13.5. The number of carbonyl (C=O) groups is 1. The van der Waals surface area contributed by atoms with Crippen molar-refractivity contribution in [3.63, 3.8) is 0 Å². The summed E-state index contributed by atoms with van der Waals surface area (Å²) in [6, 6.07) is 13.6. The predicted octanol–water partition coefficient (Wildman–Crippen LogP) is 4.39. The van der Waals surface area contributed by atoms with Crippen LogP contribution in [0.15, 0.2) is 42.5 Å². The number of hydrogen-bond acceptors (Lipinski definition) is 4. The van der Waals surface area contributed by atoms with Gasteiger partial charge in [0.15, 0.2) is 0 Å². The zero-order valence-corrected chi connectivity index (χ0v) is 15.7. The van der Waals surface area contributed by atoms with Gasteiger partial charge in [0.1, 0.15) is 5.75 Å². The number of ether oxygens (including phenoxy) is 1. The summed E-state index contributed by atoms with van der Waals surface area (Å²) in [4.78, 5) is 14.5. The summed E-state index contributed by atoms with van der Waals surface area (Å²) in [5, 5.41) is 6.60. The number of benzene rings is 2. The lowest BCUT2D eigenvalue weighted by Gasteiger charge is -2.18. The molecule has 1 amide bonds. The van der Waals surface area contributed by atoms with Crippen molar-refractivity contribution in [2.75, 3.05) is 42.3 Å². The van der Waals surface area contributed by atoms with Gasteiger partial charge in [-0.25, -0.2) is 0 Å². The molecule has 1 fully saturated rings. The fraction of sp³-hybridized carbons (Fsp3) is 0.350. The average Bonchev–Trinajstić information content (AvgIpc) is 3.17. The second-order valence-corrected chi connectivity index (χ2v) is 6.72. The van der Waals surface area contributed by atoms with Crippen molar-refractivity contribution >= 4 is 34.6 Å². The molecule has 0 bridgehead atoms. The number of hydrogen-bond donors (Lipinski definition) is 2. The Morgan fingerprint density at radius 1 is 1.12 bits per heavy atom. The van der Waals surface area contributed by atoms with Crippen LogP contribution in [0.5, 0.6) is 5.75 Å². The largest absolute Gasteiger partial charge is 0.495 e. The summed E-state index contributed by atoms with van der Waals surface area (Å²) in [5.41, 5.74) is 2.95. The molecule has 138 valence electrons. The number of nitrogens with zero attached hydrogens (tertiary/aromatic N) is 1. The monoisotopic (exact) mass is 373 g/mol. The number of rotatable bonds is 7. The Morgan fingerprint density at radius 3 is 2.46 bits per heavy atom. The molecular formula is C20H24ClN3O2. The predicted molar refractivity (Wildman–Crippen MR) is 108 cm³/mol. The zero-order chi connectivity index (χ0) is 18.4. The average molecular weight is 374 g/mol. The molecule has 6 heteroatoms. The van der Waals surface area contributed by atoms with Crippen LogP contribution in [0.25, 0.3) is 0 Å². The Kier molecular flexibility index (Phi) is 6.23. The van der Waals surface area contributed by atoms with Crippen LogP contribution < -0.4 is 20.3 Å². The van der Waals surface area contributed by atoms with Crippen LogP contribution in [0.3, 0.4) is 0 Å². The lowest BCUT2D eigenvalue weighted by molar-refractivity contribution is -0.115. The molecular weight excluding hydrogens is 350 g/mol. The van der Waals surface area contributed by atoms with Crippen LogP contribution in [-0.2, 0) is 4.79 Å². The van der Waals surface area contributed by atoms with Gasteiger partial charge in [-0.05, 0) is 55.3 Å². The van der Waals surface area contributed by atoms with E-state index in [9.17, 15) is 4.79 Å². The van der Waals surface area contributed by atoms with Gasteiger partial charge >= 0.3 is 0 Å². The highest BCUT2D eigenvalue weighted by molar-refractivity contribution is 6.32. The number of anilines is 3. The van der Waals surface area contributed by atoms with Crippen molar-refractivity contribution in [1.82, 2.24) is 0 Å². The highest BCUT2D eigenvalue weighted by atomic mass is 35.5. The molecule has 1 aliphatic heterocycles. The van der Waals surface area contributed by atoms with Gasteiger partial charge in [0.25, 0.3) is 0 Å². The molecule has 1 aliphatic rings. The van der Waals surface area contributed by atoms with E-state index in [1.54, 1.807) is 25.3 Å². The molecule has 0 atom stereocenters. The molecule has 0 unspecified atom stereocenters. The number of methoxy groups -OCH3 is 1. The number of nitrogens with one attached hydrogen (secondary N) is 2. The van der Waals surface area contributed by atoms with Crippen LogP contribution in [0.2, 0.25) is 5.02 Å². The Labute approximate surface area is 159 Å². The van der Waals surface area contributed by atoms with Gasteiger partial charge in [0, 0.05) is 43.1 Å². The first-order chi connectivity index (χ1) is 12.7. The van der Waals surface area contributed by atoms with Crippen LogP contribution in [0, 0.1) is 0 Å². The minimum Gasteiger partial charge on any atom is -0.495 e. The van der Waals surface area contributed by atoms with E-state index >= 15 is 0 Å². The molecule has 0 aliphatic carbocycles. The van der Waals surface area contributed by atoms with Gasteiger partial charge in [-0.15, -0.1) is 0 Å². The molecule has 2 aromatic carbocycles. The standard InChI is InChI=1S/C20H24ClN3O2/c1-26-19-9-6-16(14-18(19)21)23-20(25)10-11-22-15-4-7-17(8-5-15)24-12-2-3-13-24/h4-9,14,22H,2-3,10-13H2,1H3,(H,23,25). The molecule has 0 aromatic heterocycles. The minimum atomic E-state index is -0.0626. The molecule has 3 rings (SSSR count). The lowest BCUT2D eigenvalue weighted by atomic mass is 10.2. The summed E-state index contributed by atoms with van der Waals surface area (Å²) in [7, 11) is 1.56. The highest BCUT2D eigenvalue weighted by Gasteiger charge is 2.11. The Hall–Kier alpha value is -2.40. The van der Waals surface area contributed by atoms with E-state index < -0.39 is 0 Å². The first kappa shape index (κ1) is 18.4. The third-order valence-corrected chi connectivity index (χ3v) is 4.75. The van der Waals surface area contributed by atoms with Gasteiger partial charge in [-0.1, -0.05) is 11.6 Å². The fourth-order valence-corrected chi connectivity index (χ4v) is 3.31. The van der Waals surface area contributed by atoms with Crippen LogP contribution >= 0.6 is 11.6 Å². The summed E-state index contributed by atoms with van der Waals surface area (Å²) in [5.74, 6) is 0.524. The second-order valence-electron chi connectivity index (χ2n) is 6.32. The van der Waals surface area contributed by atoms with E-state index in [4.69, 9.17) is 16.3 Å². The lowest BCUT2D eigenvalue weighted by Crippen LogP contribution is -2.17. The van der Waals surface area contributed by atoms with Gasteiger partial charge < -0.3 is 20.3 Å². The van der Waals surface area contributed by atoms with Crippen LogP contribution in [-0.4, -0.2) is 32.7 Å². The van der Waals surface area contributed by atoms with Crippen molar-refractivity contribution in [2.45, 2.75) is 19.3 Å². The maximum absolute atomic E-state index is 12.1. The summed E-state index contributed by atoms with van der Waals surface area (Å²) < 4.78 is 5.10. The van der Waals surface area contributed by atoms with Crippen molar-refractivity contribution in [3.8, 4) is 5.75 Å². The topological polar surface area (TPSA) is 53.6 Å². The van der Waals surface area contributed by atoms with E-state index in [1.807, 2.05) is 0 Å². The minimum absolute atomic E-state index is 0.0626. The first-order valence-corrected chi connectivity index (χ1v) is 9.26. The third kappa shape index (κ3) is 4.82. The van der Waals surface area contributed by atoms with Crippen LogP contribution in [0.4, 0.5) is 17.1 Å². The van der Waals surface area contributed by atoms with Crippen molar-refractivity contribution in [3.05, 3.63) is 47.5 Å². The van der Waals surface area contributed by atoms with Gasteiger partial charge in [-0.2, -0.15) is 0 Å². The van der Waals surface area contributed by atoms with Gasteiger partial charge in [0.05, 0.1) is 12.1 Å². The zero-order valence-electron chi connectivity index (χ0n) is 14.9. The SMILES string of the molecule is COc1ccc(NC(=O)CCNc2ccc(N3CCCC3)cc2)cc1Cl. The molecule has 2 N–H and O–H groups in total. The second kappa shape index (κ2) is 8.81. The van der Waals surface area contributed by atoms with E-state index in [1.165, 1.54) is 18.5 Å². The fourth-order valence-electron chi connectivity index (χ4n) is 3.05. The third-order valence-electron chi connectivity index (χ3n) is 4.46. The smallest absolute Gasteiger partial charge is 0.226 e. The molecule has 1 heterocycles. The van der Waals surface area contributed by atoms with E-state index in [0.717, 1.165) is 18.8 Å². The maximum Gasteiger partial charge on any atom is 0.226 e. The first-order valence-electron chi connectivity index (χ1n) is 8.88. The van der Waals surface area contributed by atoms with E-state index in [0.29, 0.717) is 29.4 Å². The highest BCUT2D eigenvalue weighted by Crippen LogP contribution is 2.27. The summed E-state index contributed by atoms with van der Waals surface area (Å²) in [6.45, 7) is 2.85. The molecule has 5 nitrogen and oxygen atoms in total. The maximum atomic E-state index is 12.1. The Balaban J connectivity index is 1.44. The van der Waals surface area contributed by atoms with Gasteiger partial charge in [0.2, 0.25) is 5.91 Å². The molecule has 26 heavy (non-hydrogen) atoms. The van der Waals surface area contributed by atoms with Crippen molar-refractivity contribution in [1.29, 1.82) is 0 Å². The Morgan fingerprint density at radius 2 is 1.81 bits per heavy atom. The molecule has 0 saturated carbocycles. The summed E-state index contributed by atoms with van der Waals surface area (Å²) >= 11 is 6.07. The quantitative estimate of drug-likeness (QED) is 0.755. The van der Waals surface area contributed by atoms with E-state index in [2.05, 4.69) is 39.8 Å². The molecule has 0 spiro atoms. The van der Waals surface area contributed by atoms with E-state index in [-0.39, 0.29) is 5.91 Å². The van der Waals surface area contributed by atoms with Crippen LogP contribution in [0.1, 0.15) is 19.3 Å².